The van der Waals surface area contributed by atoms with Crippen molar-refractivity contribution in [2.45, 2.75) is 6.42 Å². The Bertz CT molecular complexity index is 493. The summed E-state index contributed by atoms with van der Waals surface area (Å²) < 4.78 is 4.77. The quantitative estimate of drug-likeness (QED) is 0.643. The molecule has 0 spiro atoms. The van der Waals surface area contributed by atoms with Gasteiger partial charge in [-0.05, 0) is 17.7 Å². The zero-order valence-corrected chi connectivity index (χ0v) is 10.8. The number of hydrogen-bond acceptors (Lipinski definition) is 4. The number of urea groups is 1. The molecule has 0 fully saturated rings. The predicted octanol–water partition coefficient (Wildman–Crippen LogP) is 0.975. The summed E-state index contributed by atoms with van der Waals surface area (Å²) in [4.78, 5) is 21.6. The lowest BCUT2D eigenvalue weighted by Gasteiger charge is -2.07. The Kier molecular flexibility index (Phi) is 6.57. The van der Waals surface area contributed by atoms with Crippen LogP contribution < -0.4 is 10.6 Å². The number of carbonyl (C=O) groups is 2. The second kappa shape index (κ2) is 8.50. The van der Waals surface area contributed by atoms with Gasteiger partial charge in [0.2, 0.25) is 0 Å². The number of amides is 2. The fraction of sp³-hybridized carbons (Fsp3) is 0.308. The average molecular weight is 277 g/mol. The molecule has 3 N–H and O–H groups in total. The number of carboxylic acid groups (broad SMARTS) is 1. The fourth-order valence-electron chi connectivity index (χ4n) is 1.37. The van der Waals surface area contributed by atoms with Gasteiger partial charge in [0.05, 0.1) is 19.1 Å². The van der Waals surface area contributed by atoms with Crippen molar-refractivity contribution >= 4 is 17.7 Å². The minimum Gasteiger partial charge on any atom is -0.480 e. The van der Waals surface area contributed by atoms with Crippen LogP contribution in [0.1, 0.15) is 5.56 Å². The number of aliphatic carboxylic acids is 1. The summed E-state index contributed by atoms with van der Waals surface area (Å²) in [6.07, 6.45) is 0.327. The molecule has 0 aromatic heterocycles. The van der Waals surface area contributed by atoms with E-state index >= 15 is 0 Å². The number of anilines is 1. The second-order valence-electron chi connectivity index (χ2n) is 3.86. The van der Waals surface area contributed by atoms with Gasteiger partial charge in [-0.3, -0.25) is 0 Å². The highest BCUT2D eigenvalue weighted by Gasteiger charge is 2.02. The standard InChI is InChI=1S/C13H15N3O4/c14-6-5-10-1-3-11(4-2-10)16-13(19)15-7-8-20-9-12(17)18/h1-4H,5,7-9H2,(H,17,18)(H2,15,16,19). The van der Waals surface area contributed by atoms with Gasteiger partial charge in [-0.1, -0.05) is 12.1 Å². The van der Waals surface area contributed by atoms with E-state index in [1.807, 2.05) is 6.07 Å². The number of nitrogens with one attached hydrogen (secondary N) is 2. The number of nitrogens with zero attached hydrogens (tertiary/aromatic N) is 1. The molecule has 2 amide bonds. The lowest BCUT2D eigenvalue weighted by Crippen LogP contribution is -2.31. The fourth-order valence-corrected chi connectivity index (χ4v) is 1.37. The number of hydrogen-bond donors (Lipinski definition) is 3. The Morgan fingerprint density at radius 1 is 1.30 bits per heavy atom. The molecule has 0 radical (unpaired) electrons. The Hall–Kier alpha value is -2.59. The van der Waals surface area contributed by atoms with Gasteiger partial charge >= 0.3 is 12.0 Å². The van der Waals surface area contributed by atoms with E-state index in [2.05, 4.69) is 10.6 Å². The first-order valence-corrected chi connectivity index (χ1v) is 5.92. The molecule has 0 saturated carbocycles. The molecular formula is C13H15N3O4. The SMILES string of the molecule is N#CCc1ccc(NC(=O)NCCOCC(=O)O)cc1. The van der Waals surface area contributed by atoms with E-state index in [0.29, 0.717) is 12.1 Å². The molecule has 0 saturated heterocycles. The van der Waals surface area contributed by atoms with Crippen LogP contribution in [0.4, 0.5) is 10.5 Å². The van der Waals surface area contributed by atoms with Crippen molar-refractivity contribution in [3.63, 3.8) is 0 Å². The number of ether oxygens (including phenoxy) is 1. The van der Waals surface area contributed by atoms with Crippen LogP contribution in [0.2, 0.25) is 0 Å². The summed E-state index contributed by atoms with van der Waals surface area (Å²) in [5, 5.41) is 22.0. The van der Waals surface area contributed by atoms with E-state index in [1.54, 1.807) is 24.3 Å². The molecule has 1 rings (SSSR count). The molecule has 7 nitrogen and oxygen atoms in total. The zero-order valence-electron chi connectivity index (χ0n) is 10.8. The Morgan fingerprint density at radius 3 is 2.60 bits per heavy atom. The molecule has 0 atom stereocenters. The number of benzene rings is 1. The van der Waals surface area contributed by atoms with Crippen LogP contribution in [0.15, 0.2) is 24.3 Å². The van der Waals surface area contributed by atoms with E-state index < -0.39 is 12.0 Å². The highest BCUT2D eigenvalue weighted by atomic mass is 16.5. The molecule has 0 bridgehead atoms. The lowest BCUT2D eigenvalue weighted by molar-refractivity contribution is -0.142. The van der Waals surface area contributed by atoms with Crippen LogP contribution in [0.25, 0.3) is 0 Å². The molecule has 0 aliphatic heterocycles. The first-order valence-electron chi connectivity index (χ1n) is 5.92. The highest BCUT2D eigenvalue weighted by molar-refractivity contribution is 5.89. The second-order valence-corrected chi connectivity index (χ2v) is 3.86. The van der Waals surface area contributed by atoms with Crippen LogP contribution >= 0.6 is 0 Å². The van der Waals surface area contributed by atoms with Crippen molar-refractivity contribution < 1.29 is 19.4 Å². The summed E-state index contributed by atoms with van der Waals surface area (Å²) in [7, 11) is 0. The highest BCUT2D eigenvalue weighted by Crippen LogP contribution is 2.09. The molecule has 1 aromatic carbocycles. The first kappa shape index (κ1) is 15.5. The van der Waals surface area contributed by atoms with Gasteiger partial charge in [0.15, 0.2) is 0 Å². The third kappa shape index (κ3) is 6.37. The maximum absolute atomic E-state index is 11.5. The van der Waals surface area contributed by atoms with Gasteiger partial charge in [0, 0.05) is 12.2 Å². The molecule has 1 aromatic rings. The molecule has 20 heavy (non-hydrogen) atoms. The van der Waals surface area contributed by atoms with Crippen LogP contribution in [-0.2, 0) is 16.0 Å². The van der Waals surface area contributed by atoms with Gasteiger partial charge in [-0.25, -0.2) is 9.59 Å². The van der Waals surface area contributed by atoms with Crippen molar-refractivity contribution in [1.29, 1.82) is 5.26 Å². The van der Waals surface area contributed by atoms with E-state index in [4.69, 9.17) is 15.1 Å². The maximum atomic E-state index is 11.5. The van der Waals surface area contributed by atoms with Crippen LogP contribution in [0.3, 0.4) is 0 Å². The minimum atomic E-state index is -1.05. The van der Waals surface area contributed by atoms with Crippen molar-refractivity contribution in [3.8, 4) is 6.07 Å². The van der Waals surface area contributed by atoms with E-state index in [0.717, 1.165) is 5.56 Å². The maximum Gasteiger partial charge on any atom is 0.329 e. The van der Waals surface area contributed by atoms with Gasteiger partial charge in [-0.2, -0.15) is 5.26 Å². The molecule has 0 unspecified atom stereocenters. The smallest absolute Gasteiger partial charge is 0.329 e. The monoisotopic (exact) mass is 277 g/mol. The predicted molar refractivity (Wildman–Crippen MR) is 71.2 cm³/mol. The van der Waals surface area contributed by atoms with Crippen LogP contribution in [0.5, 0.6) is 0 Å². The zero-order chi connectivity index (χ0) is 14.8. The van der Waals surface area contributed by atoms with E-state index in [-0.39, 0.29) is 19.8 Å². The summed E-state index contributed by atoms with van der Waals surface area (Å²) in [6.45, 7) is -0.0455. The van der Waals surface area contributed by atoms with Crippen LogP contribution in [0, 0.1) is 11.3 Å². The largest absolute Gasteiger partial charge is 0.480 e. The molecule has 7 heteroatoms. The molecule has 0 aliphatic rings. The number of rotatable bonds is 7. The summed E-state index contributed by atoms with van der Waals surface area (Å²) >= 11 is 0. The lowest BCUT2D eigenvalue weighted by atomic mass is 10.1. The third-order valence-corrected chi connectivity index (χ3v) is 2.25. The van der Waals surface area contributed by atoms with Gasteiger partial charge in [-0.15, -0.1) is 0 Å². The topological polar surface area (TPSA) is 111 Å². The summed E-state index contributed by atoms with van der Waals surface area (Å²) in [5.74, 6) is -1.05. The summed E-state index contributed by atoms with van der Waals surface area (Å²) in [5.41, 5.74) is 1.48. The van der Waals surface area contributed by atoms with Crippen molar-refractivity contribution in [3.05, 3.63) is 29.8 Å². The summed E-state index contributed by atoms with van der Waals surface area (Å²) in [6, 6.07) is 8.55. The Labute approximate surface area is 116 Å². The van der Waals surface area contributed by atoms with E-state index in [9.17, 15) is 9.59 Å². The average Bonchev–Trinajstić information content (AvgIpc) is 2.40. The minimum absolute atomic E-state index is 0.126. The first-order chi connectivity index (χ1) is 9.61. The normalized spacial score (nSPS) is 9.55. The molecule has 0 aliphatic carbocycles. The van der Waals surface area contributed by atoms with Crippen LogP contribution in [-0.4, -0.2) is 36.9 Å². The molecular weight excluding hydrogens is 262 g/mol. The van der Waals surface area contributed by atoms with Gasteiger partial charge in [0.25, 0.3) is 0 Å². The Balaban J connectivity index is 2.25. The van der Waals surface area contributed by atoms with Gasteiger partial charge < -0.3 is 20.5 Å². The van der Waals surface area contributed by atoms with Crippen molar-refractivity contribution in [2.75, 3.05) is 25.1 Å². The van der Waals surface area contributed by atoms with E-state index in [1.165, 1.54) is 0 Å². The van der Waals surface area contributed by atoms with Gasteiger partial charge in [0.1, 0.15) is 6.61 Å². The number of carboxylic acids is 1. The molecule has 106 valence electrons. The Morgan fingerprint density at radius 2 is 2.00 bits per heavy atom. The number of carbonyl (C=O) groups excluding carboxylic acids is 1. The molecule has 0 heterocycles. The van der Waals surface area contributed by atoms with Crippen molar-refractivity contribution in [2.24, 2.45) is 0 Å². The van der Waals surface area contributed by atoms with Crippen molar-refractivity contribution in [1.82, 2.24) is 5.32 Å². The third-order valence-electron chi connectivity index (χ3n) is 2.25. The number of nitriles is 1.